The fraction of sp³-hybridized carbons (Fsp3) is 0.435. The Kier molecular flexibility index (Phi) is 7.71. The normalized spacial score (nSPS) is 11.8. The minimum atomic E-state index is -0.477. The second kappa shape index (κ2) is 10.0. The molecule has 140 valence electrons. The van der Waals surface area contributed by atoms with Crippen molar-refractivity contribution in [2.45, 2.75) is 65.9 Å². The zero-order chi connectivity index (χ0) is 18.9. The fourth-order valence-electron chi connectivity index (χ4n) is 2.94. The molecule has 0 heterocycles. The topological polar surface area (TPSA) is 38.3 Å². The van der Waals surface area contributed by atoms with E-state index in [4.69, 9.17) is 4.74 Å². The summed E-state index contributed by atoms with van der Waals surface area (Å²) < 4.78 is 6.13. The van der Waals surface area contributed by atoms with Gasteiger partial charge in [0.15, 0.2) is 6.10 Å². The van der Waals surface area contributed by atoms with E-state index in [2.05, 4.69) is 25.2 Å². The number of unbranched alkanes of at least 4 members (excludes halogenated alkanes) is 3. The minimum Gasteiger partial charge on any atom is -0.480 e. The molecule has 0 aliphatic rings. The maximum atomic E-state index is 12.8. The first-order chi connectivity index (χ1) is 12.5. The van der Waals surface area contributed by atoms with Crippen LogP contribution in [0.15, 0.2) is 42.5 Å². The first-order valence-electron chi connectivity index (χ1n) is 9.61. The molecule has 0 saturated carbocycles. The molecule has 0 saturated heterocycles. The molecule has 0 bridgehead atoms. The summed E-state index contributed by atoms with van der Waals surface area (Å²) in [6.45, 7) is 8.30. The van der Waals surface area contributed by atoms with Crippen LogP contribution in [0, 0.1) is 20.8 Å². The van der Waals surface area contributed by atoms with Gasteiger partial charge in [-0.1, -0.05) is 61.6 Å². The second-order valence-corrected chi connectivity index (χ2v) is 7.08. The van der Waals surface area contributed by atoms with Gasteiger partial charge < -0.3 is 10.1 Å². The standard InChI is InChI=1S/C23H31NO2/c1-5-6-7-8-9-22(26-21-15-12-18(3)16-19(21)4)23(25)24-20-13-10-17(2)11-14-20/h10-16,22H,5-9H2,1-4H3,(H,24,25). The molecule has 3 heteroatoms. The lowest BCUT2D eigenvalue weighted by Gasteiger charge is -2.20. The van der Waals surface area contributed by atoms with Gasteiger partial charge in [0.2, 0.25) is 0 Å². The monoisotopic (exact) mass is 353 g/mol. The van der Waals surface area contributed by atoms with Crippen molar-refractivity contribution in [3.8, 4) is 5.75 Å². The highest BCUT2D eigenvalue weighted by molar-refractivity contribution is 5.94. The third-order valence-corrected chi connectivity index (χ3v) is 4.53. The summed E-state index contributed by atoms with van der Waals surface area (Å²) in [6, 6.07) is 13.9. The predicted molar refractivity (Wildman–Crippen MR) is 109 cm³/mol. The molecule has 0 aliphatic carbocycles. The van der Waals surface area contributed by atoms with E-state index >= 15 is 0 Å². The fourth-order valence-corrected chi connectivity index (χ4v) is 2.94. The summed E-state index contributed by atoms with van der Waals surface area (Å²) in [5.74, 6) is 0.709. The summed E-state index contributed by atoms with van der Waals surface area (Å²) in [5.41, 5.74) is 4.24. The minimum absolute atomic E-state index is 0.0784. The number of nitrogens with one attached hydrogen (secondary N) is 1. The number of ether oxygens (including phenoxy) is 1. The molecule has 0 spiro atoms. The number of benzene rings is 2. The van der Waals surface area contributed by atoms with Crippen molar-refractivity contribution in [3.63, 3.8) is 0 Å². The number of anilines is 1. The first-order valence-corrected chi connectivity index (χ1v) is 9.61. The number of carbonyl (C=O) groups is 1. The van der Waals surface area contributed by atoms with Crippen LogP contribution in [0.3, 0.4) is 0 Å². The third-order valence-electron chi connectivity index (χ3n) is 4.53. The van der Waals surface area contributed by atoms with Gasteiger partial charge in [-0.2, -0.15) is 0 Å². The molecular weight excluding hydrogens is 322 g/mol. The van der Waals surface area contributed by atoms with Gasteiger partial charge in [-0.3, -0.25) is 4.79 Å². The van der Waals surface area contributed by atoms with E-state index in [1.165, 1.54) is 24.0 Å². The van der Waals surface area contributed by atoms with Gasteiger partial charge >= 0.3 is 0 Å². The number of hydrogen-bond acceptors (Lipinski definition) is 2. The van der Waals surface area contributed by atoms with Crippen LogP contribution in [0.4, 0.5) is 5.69 Å². The maximum absolute atomic E-state index is 12.8. The van der Waals surface area contributed by atoms with Gasteiger partial charge in [-0.05, 0) is 57.4 Å². The van der Waals surface area contributed by atoms with E-state index in [1.807, 2.05) is 50.2 Å². The van der Waals surface area contributed by atoms with Crippen molar-refractivity contribution in [3.05, 3.63) is 59.2 Å². The average Bonchev–Trinajstić information content (AvgIpc) is 2.61. The molecule has 26 heavy (non-hydrogen) atoms. The van der Waals surface area contributed by atoms with Crippen LogP contribution in [0.2, 0.25) is 0 Å². The van der Waals surface area contributed by atoms with E-state index in [0.717, 1.165) is 36.3 Å². The summed E-state index contributed by atoms with van der Waals surface area (Å²) in [5, 5.41) is 3.00. The van der Waals surface area contributed by atoms with Crippen molar-refractivity contribution in [1.82, 2.24) is 0 Å². The summed E-state index contributed by atoms with van der Waals surface area (Å²) >= 11 is 0. The van der Waals surface area contributed by atoms with Crippen molar-refractivity contribution in [2.75, 3.05) is 5.32 Å². The van der Waals surface area contributed by atoms with Gasteiger partial charge in [-0.15, -0.1) is 0 Å². The van der Waals surface area contributed by atoms with Crippen LogP contribution in [0.1, 0.15) is 55.7 Å². The van der Waals surface area contributed by atoms with Gasteiger partial charge in [0, 0.05) is 5.69 Å². The van der Waals surface area contributed by atoms with Crippen LogP contribution in [-0.4, -0.2) is 12.0 Å². The van der Waals surface area contributed by atoms with Crippen LogP contribution in [-0.2, 0) is 4.79 Å². The van der Waals surface area contributed by atoms with E-state index in [1.54, 1.807) is 0 Å². The largest absolute Gasteiger partial charge is 0.480 e. The van der Waals surface area contributed by atoms with E-state index < -0.39 is 6.10 Å². The molecule has 1 amide bonds. The van der Waals surface area contributed by atoms with Crippen LogP contribution >= 0.6 is 0 Å². The lowest BCUT2D eigenvalue weighted by molar-refractivity contribution is -0.123. The molecule has 0 aromatic heterocycles. The number of amides is 1. The van der Waals surface area contributed by atoms with E-state index in [-0.39, 0.29) is 5.91 Å². The Balaban J connectivity index is 2.08. The number of hydrogen-bond donors (Lipinski definition) is 1. The number of aryl methyl sites for hydroxylation is 3. The quantitative estimate of drug-likeness (QED) is 0.564. The average molecular weight is 354 g/mol. The zero-order valence-corrected chi connectivity index (χ0v) is 16.5. The molecule has 2 aromatic carbocycles. The lowest BCUT2D eigenvalue weighted by atomic mass is 10.1. The second-order valence-electron chi connectivity index (χ2n) is 7.08. The maximum Gasteiger partial charge on any atom is 0.265 e. The molecule has 2 aromatic rings. The van der Waals surface area contributed by atoms with Crippen molar-refractivity contribution in [2.24, 2.45) is 0 Å². The van der Waals surface area contributed by atoms with Crippen molar-refractivity contribution < 1.29 is 9.53 Å². The van der Waals surface area contributed by atoms with Crippen LogP contribution in [0.25, 0.3) is 0 Å². The van der Waals surface area contributed by atoms with Gasteiger partial charge in [-0.25, -0.2) is 0 Å². The Morgan fingerprint density at radius 2 is 1.65 bits per heavy atom. The van der Waals surface area contributed by atoms with Crippen LogP contribution in [0.5, 0.6) is 5.75 Å². The Hall–Kier alpha value is -2.29. The molecule has 1 unspecified atom stereocenters. The highest BCUT2D eigenvalue weighted by atomic mass is 16.5. The molecule has 0 fully saturated rings. The van der Waals surface area contributed by atoms with Crippen molar-refractivity contribution in [1.29, 1.82) is 0 Å². The molecule has 3 nitrogen and oxygen atoms in total. The smallest absolute Gasteiger partial charge is 0.265 e. The first kappa shape index (κ1) is 20.0. The lowest BCUT2D eigenvalue weighted by Crippen LogP contribution is -2.33. The molecule has 1 N–H and O–H groups in total. The summed E-state index contributed by atoms with van der Waals surface area (Å²) in [7, 11) is 0. The Bertz CT molecular complexity index is 707. The molecule has 0 radical (unpaired) electrons. The SMILES string of the molecule is CCCCCCC(Oc1ccc(C)cc1C)C(=O)Nc1ccc(C)cc1. The number of rotatable bonds is 9. The summed E-state index contributed by atoms with van der Waals surface area (Å²) in [4.78, 5) is 12.8. The van der Waals surface area contributed by atoms with Gasteiger partial charge in [0.05, 0.1) is 0 Å². The van der Waals surface area contributed by atoms with Gasteiger partial charge in [0.25, 0.3) is 5.91 Å². The number of carbonyl (C=O) groups excluding carboxylic acids is 1. The molecular formula is C23H31NO2. The Morgan fingerprint density at radius 3 is 2.31 bits per heavy atom. The summed E-state index contributed by atoms with van der Waals surface area (Å²) in [6.07, 6.45) is 4.74. The third kappa shape index (κ3) is 6.21. The highest BCUT2D eigenvalue weighted by Gasteiger charge is 2.21. The van der Waals surface area contributed by atoms with Gasteiger partial charge in [0.1, 0.15) is 5.75 Å². The van der Waals surface area contributed by atoms with Crippen LogP contribution < -0.4 is 10.1 Å². The Labute approximate surface area is 157 Å². The zero-order valence-electron chi connectivity index (χ0n) is 16.5. The molecule has 1 atom stereocenters. The van der Waals surface area contributed by atoms with Crippen molar-refractivity contribution >= 4 is 11.6 Å². The molecule has 2 rings (SSSR count). The highest BCUT2D eigenvalue weighted by Crippen LogP contribution is 2.22. The molecule has 0 aliphatic heterocycles. The predicted octanol–water partition coefficient (Wildman–Crippen LogP) is 5.97. The Morgan fingerprint density at radius 1 is 0.962 bits per heavy atom. The van der Waals surface area contributed by atoms with E-state index in [0.29, 0.717) is 0 Å². The van der Waals surface area contributed by atoms with E-state index in [9.17, 15) is 4.79 Å².